The van der Waals surface area contributed by atoms with Crippen molar-refractivity contribution in [1.82, 2.24) is 9.78 Å². The summed E-state index contributed by atoms with van der Waals surface area (Å²) in [6.07, 6.45) is 7.87. The van der Waals surface area contributed by atoms with Crippen LogP contribution in [0.4, 0.5) is 0 Å². The zero-order valence-electron chi connectivity index (χ0n) is 16.5. The lowest BCUT2D eigenvalue weighted by atomic mass is 9.50. The number of nitriles is 1. The van der Waals surface area contributed by atoms with Crippen molar-refractivity contribution in [1.29, 1.82) is 5.26 Å². The largest absolute Gasteiger partial charge is 0.293 e. The number of aryl methyl sites for hydroxylation is 1. The zero-order valence-corrected chi connectivity index (χ0v) is 16.5. The van der Waals surface area contributed by atoms with E-state index in [1.807, 2.05) is 23.9 Å². The maximum atomic E-state index is 13.3. The quantitative estimate of drug-likeness (QED) is 0.741. The molecule has 5 rings (SSSR count). The van der Waals surface area contributed by atoms with Crippen molar-refractivity contribution in [2.75, 3.05) is 0 Å². The van der Waals surface area contributed by atoms with E-state index in [4.69, 9.17) is 5.10 Å². The van der Waals surface area contributed by atoms with Crippen molar-refractivity contribution in [3.63, 3.8) is 0 Å². The highest BCUT2D eigenvalue weighted by atomic mass is 16.1. The zero-order chi connectivity index (χ0) is 19.5. The molecule has 28 heavy (non-hydrogen) atoms. The van der Waals surface area contributed by atoms with Gasteiger partial charge in [0.15, 0.2) is 5.78 Å². The Labute approximate surface area is 165 Å². The number of aromatic nitrogens is 2. The van der Waals surface area contributed by atoms with Crippen molar-refractivity contribution in [2.24, 2.45) is 18.4 Å². The maximum absolute atomic E-state index is 13.3. The normalized spacial score (nSPS) is 27.8. The molecule has 4 heteroatoms. The summed E-state index contributed by atoms with van der Waals surface area (Å²) in [5, 5.41) is 14.7. The topological polar surface area (TPSA) is 58.7 Å². The summed E-state index contributed by atoms with van der Waals surface area (Å²) in [5.74, 6) is 0.329. The number of carbonyl (C=O) groups is 1. The average Bonchev–Trinajstić information content (AvgIpc) is 3.31. The van der Waals surface area contributed by atoms with Crippen LogP contribution >= 0.6 is 0 Å². The highest BCUT2D eigenvalue weighted by Gasteiger charge is 2.60. The number of carbonyl (C=O) groups excluding carboxylic acids is 1. The lowest BCUT2D eigenvalue weighted by Gasteiger charge is -2.51. The molecule has 1 aromatic heterocycles. The Balaban J connectivity index is 1.74. The van der Waals surface area contributed by atoms with Gasteiger partial charge in [0, 0.05) is 29.0 Å². The minimum atomic E-state index is -0.364. The third-order valence-electron chi connectivity index (χ3n) is 7.53. The van der Waals surface area contributed by atoms with Crippen LogP contribution in [-0.4, -0.2) is 15.6 Å². The van der Waals surface area contributed by atoms with Gasteiger partial charge in [-0.3, -0.25) is 9.48 Å². The van der Waals surface area contributed by atoms with Crippen LogP contribution in [0.3, 0.4) is 0 Å². The number of Topliss-reactive ketones (excluding diaryl/α,β-unsaturated/α-hetero) is 1. The SMILES string of the molecule is Cn1nc2c(c1-c1ccccc1)CC[C@H]1C3(CCCC3)C(=O)C(C#N)=C[C@]21C. The molecule has 0 radical (unpaired) electrons. The van der Waals surface area contributed by atoms with Gasteiger partial charge in [-0.05, 0) is 31.6 Å². The molecule has 1 saturated carbocycles. The molecule has 0 amide bonds. The number of ketones is 1. The molecule has 0 bridgehead atoms. The Kier molecular flexibility index (Phi) is 3.68. The molecule has 0 aliphatic heterocycles. The van der Waals surface area contributed by atoms with E-state index < -0.39 is 0 Å². The van der Waals surface area contributed by atoms with E-state index in [9.17, 15) is 10.1 Å². The number of hydrogen-bond donors (Lipinski definition) is 0. The summed E-state index contributed by atoms with van der Waals surface area (Å²) < 4.78 is 1.99. The molecule has 1 aromatic carbocycles. The Morgan fingerprint density at radius 1 is 1.21 bits per heavy atom. The predicted octanol–water partition coefficient (Wildman–Crippen LogP) is 4.50. The molecule has 1 heterocycles. The Morgan fingerprint density at radius 2 is 1.93 bits per heavy atom. The standard InChI is InChI=1S/C24H25N3O/c1-23-14-17(15-25)22(28)24(12-6-7-13-24)19(23)11-10-18-20(27(2)26-21(18)23)16-8-4-3-5-9-16/h3-5,8-9,14,19H,6-7,10-13H2,1-2H3/t19-,23+/m1/s1. The summed E-state index contributed by atoms with van der Waals surface area (Å²) in [4.78, 5) is 13.3. The van der Waals surface area contributed by atoms with Gasteiger partial charge in [0.2, 0.25) is 0 Å². The second kappa shape index (κ2) is 5.91. The number of benzene rings is 1. The monoisotopic (exact) mass is 371 g/mol. The molecular formula is C24H25N3O. The lowest BCUT2D eigenvalue weighted by Crippen LogP contribution is -2.52. The molecule has 1 fully saturated rings. The first-order valence-electron chi connectivity index (χ1n) is 10.3. The minimum absolute atomic E-state index is 0.0950. The van der Waals surface area contributed by atoms with Crippen LogP contribution in [0.5, 0.6) is 0 Å². The molecule has 3 aliphatic carbocycles. The van der Waals surface area contributed by atoms with Crippen LogP contribution in [0.1, 0.15) is 50.3 Å². The molecule has 0 unspecified atom stereocenters. The molecule has 2 aromatic rings. The Hall–Kier alpha value is -2.67. The fourth-order valence-electron chi connectivity index (χ4n) is 6.42. The van der Waals surface area contributed by atoms with Crippen molar-refractivity contribution >= 4 is 5.78 Å². The van der Waals surface area contributed by atoms with Crippen LogP contribution in [0.2, 0.25) is 0 Å². The summed E-state index contributed by atoms with van der Waals surface area (Å²) in [6.45, 7) is 2.21. The fourth-order valence-corrected chi connectivity index (χ4v) is 6.42. The molecule has 0 saturated heterocycles. The van der Waals surface area contributed by atoms with Gasteiger partial charge in [-0.15, -0.1) is 0 Å². The van der Waals surface area contributed by atoms with Gasteiger partial charge in [0.1, 0.15) is 6.07 Å². The van der Waals surface area contributed by atoms with E-state index in [1.54, 1.807) is 0 Å². The first-order valence-corrected chi connectivity index (χ1v) is 10.3. The van der Waals surface area contributed by atoms with Gasteiger partial charge in [0.05, 0.1) is 17.0 Å². The third-order valence-corrected chi connectivity index (χ3v) is 7.53. The van der Waals surface area contributed by atoms with Crippen LogP contribution < -0.4 is 0 Å². The van der Waals surface area contributed by atoms with Crippen molar-refractivity contribution < 1.29 is 4.79 Å². The van der Waals surface area contributed by atoms with E-state index in [-0.39, 0.29) is 22.5 Å². The Bertz CT molecular complexity index is 1030. The van der Waals surface area contributed by atoms with Gasteiger partial charge in [-0.25, -0.2) is 0 Å². The van der Waals surface area contributed by atoms with E-state index in [2.05, 4.69) is 37.3 Å². The minimum Gasteiger partial charge on any atom is -0.293 e. The summed E-state index contributed by atoms with van der Waals surface area (Å²) in [7, 11) is 2.01. The smallest absolute Gasteiger partial charge is 0.179 e. The molecule has 4 nitrogen and oxygen atoms in total. The van der Waals surface area contributed by atoms with Crippen LogP contribution in [0, 0.1) is 22.7 Å². The summed E-state index contributed by atoms with van der Waals surface area (Å²) >= 11 is 0. The molecule has 2 atom stereocenters. The number of allylic oxidation sites excluding steroid dienone is 2. The lowest BCUT2D eigenvalue weighted by molar-refractivity contribution is -0.130. The first-order chi connectivity index (χ1) is 13.5. The second-order valence-electron chi connectivity index (χ2n) is 8.90. The summed E-state index contributed by atoms with van der Waals surface area (Å²) in [6, 6.07) is 12.6. The van der Waals surface area contributed by atoms with Gasteiger partial charge in [-0.1, -0.05) is 56.2 Å². The fraction of sp³-hybridized carbons (Fsp3) is 0.458. The van der Waals surface area contributed by atoms with Gasteiger partial charge in [-0.2, -0.15) is 10.4 Å². The number of hydrogen-bond acceptors (Lipinski definition) is 3. The van der Waals surface area contributed by atoms with Gasteiger partial charge in [0.25, 0.3) is 0 Å². The number of rotatable bonds is 1. The molecule has 3 aliphatic rings. The van der Waals surface area contributed by atoms with E-state index in [1.165, 1.54) is 16.8 Å². The second-order valence-corrected chi connectivity index (χ2v) is 8.90. The summed E-state index contributed by atoms with van der Waals surface area (Å²) in [5.41, 5.74) is 4.31. The van der Waals surface area contributed by atoms with Crippen molar-refractivity contribution in [3.05, 3.63) is 53.2 Å². The van der Waals surface area contributed by atoms with Crippen molar-refractivity contribution in [3.8, 4) is 17.3 Å². The van der Waals surface area contributed by atoms with Crippen LogP contribution in [0.25, 0.3) is 11.3 Å². The third kappa shape index (κ3) is 2.11. The molecule has 0 N–H and O–H groups in total. The molecular weight excluding hydrogens is 346 g/mol. The van der Waals surface area contributed by atoms with Crippen molar-refractivity contribution in [2.45, 2.75) is 50.9 Å². The predicted molar refractivity (Wildman–Crippen MR) is 107 cm³/mol. The molecule has 1 spiro atoms. The van der Waals surface area contributed by atoms with Gasteiger partial charge >= 0.3 is 0 Å². The molecule has 142 valence electrons. The number of fused-ring (bicyclic) bond motifs is 4. The first kappa shape index (κ1) is 17.4. The van der Waals surface area contributed by atoms with Crippen LogP contribution in [0.15, 0.2) is 42.0 Å². The highest BCUT2D eigenvalue weighted by molar-refractivity contribution is 6.05. The Morgan fingerprint density at radius 3 is 2.61 bits per heavy atom. The van der Waals surface area contributed by atoms with E-state index in [0.717, 1.165) is 44.2 Å². The van der Waals surface area contributed by atoms with E-state index >= 15 is 0 Å². The van der Waals surface area contributed by atoms with Crippen LogP contribution in [-0.2, 0) is 23.7 Å². The van der Waals surface area contributed by atoms with E-state index in [0.29, 0.717) is 5.57 Å². The average molecular weight is 371 g/mol. The van der Waals surface area contributed by atoms with Gasteiger partial charge < -0.3 is 0 Å². The highest BCUT2D eigenvalue weighted by Crippen LogP contribution is 2.60. The maximum Gasteiger partial charge on any atom is 0.179 e. The number of nitrogens with zero attached hydrogens (tertiary/aromatic N) is 3.